The summed E-state index contributed by atoms with van der Waals surface area (Å²) in [5, 5.41) is 14.9. The number of rotatable bonds is 12. The van der Waals surface area contributed by atoms with Gasteiger partial charge >= 0.3 is 0 Å². The van der Waals surface area contributed by atoms with Crippen LogP contribution in [0, 0.1) is 0 Å². The lowest BCUT2D eigenvalue weighted by Gasteiger charge is -2.06. The van der Waals surface area contributed by atoms with E-state index in [4.69, 9.17) is 16.3 Å². The molecule has 1 aromatic heterocycles. The van der Waals surface area contributed by atoms with E-state index in [1.54, 1.807) is 11.8 Å². The molecule has 0 unspecified atom stereocenters. The number of aryl methyl sites for hydroxylation is 1. The number of halogens is 1. The molecule has 0 aliphatic rings. The van der Waals surface area contributed by atoms with Crippen LogP contribution in [0.15, 0.2) is 58.8 Å². The van der Waals surface area contributed by atoms with Crippen molar-refractivity contribution in [2.24, 2.45) is 5.10 Å². The zero-order valence-electron chi connectivity index (χ0n) is 18.1. The highest BCUT2D eigenvalue weighted by molar-refractivity contribution is 7.98. The van der Waals surface area contributed by atoms with Crippen LogP contribution >= 0.6 is 23.4 Å². The maximum absolute atomic E-state index is 5.98. The van der Waals surface area contributed by atoms with E-state index in [1.165, 1.54) is 18.4 Å². The van der Waals surface area contributed by atoms with Gasteiger partial charge in [-0.2, -0.15) is 9.78 Å². The Hall–Kier alpha value is -2.31. The van der Waals surface area contributed by atoms with Gasteiger partial charge in [-0.1, -0.05) is 62.2 Å². The molecule has 7 heteroatoms. The molecule has 3 aromatic rings. The Labute approximate surface area is 193 Å². The van der Waals surface area contributed by atoms with E-state index in [9.17, 15) is 0 Å². The Kier molecular flexibility index (Phi) is 9.43. The van der Waals surface area contributed by atoms with Crippen molar-refractivity contribution in [3.63, 3.8) is 0 Å². The third-order valence-electron chi connectivity index (χ3n) is 4.65. The number of thioether (sulfide) groups is 1. The van der Waals surface area contributed by atoms with E-state index in [1.807, 2.05) is 59.4 Å². The van der Waals surface area contributed by atoms with Crippen LogP contribution in [0.1, 0.15) is 56.5 Å². The summed E-state index contributed by atoms with van der Waals surface area (Å²) in [6, 6.07) is 15.9. The molecule has 0 atom stereocenters. The minimum atomic E-state index is 0.740. The summed E-state index contributed by atoms with van der Waals surface area (Å²) < 4.78 is 7.63. The highest BCUT2D eigenvalue weighted by Gasteiger charge is 2.11. The zero-order chi connectivity index (χ0) is 21.9. The van der Waals surface area contributed by atoms with Gasteiger partial charge in [-0.15, -0.1) is 10.2 Å². The first-order valence-electron chi connectivity index (χ1n) is 10.8. The summed E-state index contributed by atoms with van der Waals surface area (Å²) in [6.45, 7) is 5.08. The van der Waals surface area contributed by atoms with Crippen molar-refractivity contribution >= 4 is 29.6 Å². The Morgan fingerprint density at radius 1 is 1.00 bits per heavy atom. The van der Waals surface area contributed by atoms with Crippen molar-refractivity contribution in [3.05, 3.63) is 70.5 Å². The fourth-order valence-corrected chi connectivity index (χ4v) is 3.91. The Bertz CT molecular complexity index is 955. The molecule has 0 saturated carbocycles. The number of unbranched alkanes of at least 4 members (excludes halogenated alkanes) is 2. The SMILES string of the molecule is CCCCCOc1ccc(/C=N/n2c(CCC)nnc2SCc2ccc(Cl)cc2)cc1. The van der Waals surface area contributed by atoms with Crippen molar-refractivity contribution in [1.29, 1.82) is 0 Å². The topological polar surface area (TPSA) is 52.3 Å². The lowest BCUT2D eigenvalue weighted by Crippen LogP contribution is -2.00. The summed E-state index contributed by atoms with van der Waals surface area (Å²) in [6.07, 6.45) is 7.14. The highest BCUT2D eigenvalue weighted by Crippen LogP contribution is 2.23. The van der Waals surface area contributed by atoms with Crippen molar-refractivity contribution < 1.29 is 4.74 Å². The first-order valence-corrected chi connectivity index (χ1v) is 12.1. The van der Waals surface area contributed by atoms with Crippen LogP contribution < -0.4 is 4.74 Å². The van der Waals surface area contributed by atoms with Gasteiger partial charge in [0.1, 0.15) is 5.75 Å². The minimum Gasteiger partial charge on any atom is -0.494 e. The van der Waals surface area contributed by atoms with Gasteiger partial charge in [0.15, 0.2) is 5.82 Å². The molecule has 164 valence electrons. The fraction of sp³-hybridized carbons (Fsp3) is 0.375. The fourth-order valence-electron chi connectivity index (χ4n) is 2.93. The lowest BCUT2D eigenvalue weighted by atomic mass is 10.2. The molecule has 1 heterocycles. The van der Waals surface area contributed by atoms with Crippen molar-refractivity contribution in [3.8, 4) is 5.75 Å². The molecule has 0 saturated heterocycles. The molecule has 2 aromatic carbocycles. The normalized spacial score (nSPS) is 11.3. The van der Waals surface area contributed by atoms with E-state index in [2.05, 4.69) is 29.1 Å². The maximum Gasteiger partial charge on any atom is 0.212 e. The van der Waals surface area contributed by atoms with Crippen LogP contribution in [-0.4, -0.2) is 27.7 Å². The van der Waals surface area contributed by atoms with E-state index < -0.39 is 0 Å². The summed E-state index contributed by atoms with van der Waals surface area (Å²) in [7, 11) is 0. The average Bonchev–Trinajstić information content (AvgIpc) is 3.17. The summed E-state index contributed by atoms with van der Waals surface area (Å²) in [5.74, 6) is 2.54. The van der Waals surface area contributed by atoms with E-state index in [0.29, 0.717) is 0 Å². The van der Waals surface area contributed by atoms with Crippen LogP contribution in [0.5, 0.6) is 5.75 Å². The molecule has 0 aliphatic heterocycles. The Balaban J connectivity index is 1.66. The predicted octanol–water partition coefficient (Wildman–Crippen LogP) is 6.63. The molecule has 0 aliphatic carbocycles. The van der Waals surface area contributed by atoms with Gasteiger partial charge in [0, 0.05) is 17.2 Å². The smallest absolute Gasteiger partial charge is 0.212 e. The second-order valence-electron chi connectivity index (χ2n) is 7.24. The van der Waals surface area contributed by atoms with Crippen LogP contribution in [0.25, 0.3) is 0 Å². The highest BCUT2D eigenvalue weighted by atomic mass is 35.5. The number of benzene rings is 2. The van der Waals surface area contributed by atoms with Crippen LogP contribution in [-0.2, 0) is 12.2 Å². The second kappa shape index (κ2) is 12.5. The van der Waals surface area contributed by atoms with Crippen molar-refractivity contribution in [2.75, 3.05) is 6.61 Å². The largest absolute Gasteiger partial charge is 0.494 e. The van der Waals surface area contributed by atoms with Gasteiger partial charge in [0.25, 0.3) is 0 Å². The molecule has 0 N–H and O–H groups in total. The lowest BCUT2D eigenvalue weighted by molar-refractivity contribution is 0.306. The standard InChI is InChI=1S/C24H29ClN4OS/c1-3-5-6-16-30-22-14-10-19(11-15-22)17-26-29-23(7-4-2)27-28-24(29)31-18-20-8-12-21(25)13-9-20/h8-15,17H,3-7,16,18H2,1-2H3/b26-17+. The van der Waals surface area contributed by atoms with E-state index in [0.717, 1.165) is 58.9 Å². The summed E-state index contributed by atoms with van der Waals surface area (Å²) in [5.41, 5.74) is 2.19. The average molecular weight is 457 g/mol. The number of hydrogen-bond donors (Lipinski definition) is 0. The molecule has 0 bridgehead atoms. The number of ether oxygens (including phenoxy) is 1. The predicted molar refractivity (Wildman–Crippen MR) is 129 cm³/mol. The molecule has 0 spiro atoms. The van der Waals surface area contributed by atoms with Gasteiger partial charge < -0.3 is 4.74 Å². The quantitative estimate of drug-likeness (QED) is 0.174. The molecule has 31 heavy (non-hydrogen) atoms. The molecular weight excluding hydrogens is 428 g/mol. The summed E-state index contributed by atoms with van der Waals surface area (Å²) >= 11 is 7.59. The molecule has 0 radical (unpaired) electrons. The van der Waals surface area contributed by atoms with Gasteiger partial charge in [-0.25, -0.2) is 0 Å². The zero-order valence-corrected chi connectivity index (χ0v) is 19.7. The first kappa shape index (κ1) is 23.4. The van der Waals surface area contributed by atoms with Gasteiger partial charge in [-0.3, -0.25) is 0 Å². The van der Waals surface area contributed by atoms with Gasteiger partial charge in [0.2, 0.25) is 5.16 Å². The molecular formula is C24H29ClN4OS. The number of nitrogens with zero attached hydrogens (tertiary/aromatic N) is 4. The third-order valence-corrected chi connectivity index (χ3v) is 5.89. The molecule has 0 amide bonds. The number of aromatic nitrogens is 3. The van der Waals surface area contributed by atoms with Crippen LogP contribution in [0.3, 0.4) is 0 Å². The van der Waals surface area contributed by atoms with Crippen molar-refractivity contribution in [1.82, 2.24) is 14.9 Å². The van der Waals surface area contributed by atoms with Gasteiger partial charge in [0.05, 0.1) is 12.8 Å². The maximum atomic E-state index is 5.98. The summed E-state index contributed by atoms with van der Waals surface area (Å²) in [4.78, 5) is 0. The minimum absolute atomic E-state index is 0.740. The second-order valence-corrected chi connectivity index (χ2v) is 8.62. The number of hydrogen-bond acceptors (Lipinski definition) is 5. The monoisotopic (exact) mass is 456 g/mol. The third kappa shape index (κ3) is 7.40. The molecule has 0 fully saturated rings. The van der Waals surface area contributed by atoms with Crippen LogP contribution in [0.4, 0.5) is 0 Å². The Morgan fingerprint density at radius 3 is 2.48 bits per heavy atom. The van der Waals surface area contributed by atoms with Gasteiger partial charge in [-0.05, 0) is 60.4 Å². The van der Waals surface area contributed by atoms with Crippen molar-refractivity contribution in [2.45, 2.75) is 56.9 Å². The van der Waals surface area contributed by atoms with Crippen LogP contribution in [0.2, 0.25) is 5.02 Å². The molecule has 3 rings (SSSR count). The van der Waals surface area contributed by atoms with E-state index in [-0.39, 0.29) is 0 Å². The first-order chi connectivity index (χ1) is 15.2. The molecule has 5 nitrogen and oxygen atoms in total. The van der Waals surface area contributed by atoms with E-state index >= 15 is 0 Å². The Morgan fingerprint density at radius 2 is 1.77 bits per heavy atom.